The van der Waals surface area contributed by atoms with Crippen molar-refractivity contribution in [2.45, 2.75) is 63.7 Å². The lowest BCUT2D eigenvalue weighted by molar-refractivity contribution is -0.156. The molecule has 4 atom stereocenters. The van der Waals surface area contributed by atoms with Gasteiger partial charge in [0.15, 0.2) is 0 Å². The van der Waals surface area contributed by atoms with Crippen molar-refractivity contribution in [2.24, 2.45) is 5.92 Å². The van der Waals surface area contributed by atoms with E-state index in [-0.39, 0.29) is 18.1 Å². The molecule has 4 heteroatoms. The van der Waals surface area contributed by atoms with Crippen LogP contribution in [0.25, 0.3) is 0 Å². The number of nitrogens with one attached hydrogen (secondary N) is 1. The van der Waals surface area contributed by atoms with E-state index in [0.29, 0.717) is 18.9 Å². The van der Waals surface area contributed by atoms with Gasteiger partial charge in [-0.05, 0) is 31.6 Å². The minimum Gasteiger partial charge on any atom is -0.461 e. The zero-order valence-corrected chi connectivity index (χ0v) is 10.5. The fourth-order valence-electron chi connectivity index (χ4n) is 2.92. The third kappa shape index (κ3) is 3.19. The summed E-state index contributed by atoms with van der Waals surface area (Å²) in [6.07, 6.45) is 5.86. The summed E-state index contributed by atoms with van der Waals surface area (Å²) >= 11 is 0. The molecule has 0 spiro atoms. The van der Waals surface area contributed by atoms with E-state index < -0.39 is 6.10 Å². The SMILES string of the molecule is CCC1CCCCC1OC(=O)[C@@H]1CC(O)CN1. The van der Waals surface area contributed by atoms with Crippen molar-refractivity contribution in [1.82, 2.24) is 5.32 Å². The second-order valence-electron chi connectivity index (χ2n) is 5.28. The molecule has 1 saturated carbocycles. The van der Waals surface area contributed by atoms with E-state index in [1.165, 1.54) is 12.8 Å². The Balaban J connectivity index is 1.84. The van der Waals surface area contributed by atoms with Crippen molar-refractivity contribution in [3.8, 4) is 0 Å². The third-order valence-corrected chi connectivity index (χ3v) is 4.02. The van der Waals surface area contributed by atoms with Crippen molar-refractivity contribution < 1.29 is 14.6 Å². The highest BCUT2D eigenvalue weighted by Gasteiger charge is 2.33. The molecule has 2 aliphatic rings. The Hall–Kier alpha value is -0.610. The molecular formula is C13H23NO3. The molecule has 3 unspecified atom stereocenters. The molecule has 1 aliphatic carbocycles. The van der Waals surface area contributed by atoms with Crippen LogP contribution < -0.4 is 5.32 Å². The average molecular weight is 241 g/mol. The van der Waals surface area contributed by atoms with Crippen LogP contribution in [0, 0.1) is 5.92 Å². The summed E-state index contributed by atoms with van der Waals surface area (Å²) in [6, 6.07) is -0.301. The summed E-state index contributed by atoms with van der Waals surface area (Å²) in [5.41, 5.74) is 0. The maximum Gasteiger partial charge on any atom is 0.323 e. The Morgan fingerprint density at radius 2 is 2.18 bits per heavy atom. The van der Waals surface area contributed by atoms with Crippen molar-refractivity contribution in [2.75, 3.05) is 6.54 Å². The number of aliphatic hydroxyl groups excluding tert-OH is 1. The first-order valence-electron chi connectivity index (χ1n) is 6.82. The minimum atomic E-state index is -0.402. The number of carbonyl (C=O) groups is 1. The van der Waals surface area contributed by atoms with Gasteiger partial charge in [0, 0.05) is 13.0 Å². The normalized spacial score (nSPS) is 38.0. The lowest BCUT2D eigenvalue weighted by atomic mass is 9.85. The lowest BCUT2D eigenvalue weighted by Gasteiger charge is -2.31. The summed E-state index contributed by atoms with van der Waals surface area (Å²) in [7, 11) is 0. The lowest BCUT2D eigenvalue weighted by Crippen LogP contribution is -2.38. The van der Waals surface area contributed by atoms with Gasteiger partial charge in [-0.1, -0.05) is 13.3 Å². The van der Waals surface area contributed by atoms with Crippen LogP contribution in [0.15, 0.2) is 0 Å². The second kappa shape index (κ2) is 5.83. The van der Waals surface area contributed by atoms with E-state index in [2.05, 4.69) is 12.2 Å². The number of hydrogen-bond acceptors (Lipinski definition) is 4. The summed E-state index contributed by atoms with van der Waals surface area (Å²) < 4.78 is 5.61. The molecule has 1 heterocycles. The molecule has 2 N–H and O–H groups in total. The van der Waals surface area contributed by atoms with E-state index in [0.717, 1.165) is 19.3 Å². The molecule has 1 aliphatic heterocycles. The van der Waals surface area contributed by atoms with Crippen LogP contribution in [0.3, 0.4) is 0 Å². The van der Waals surface area contributed by atoms with Crippen molar-refractivity contribution in [3.63, 3.8) is 0 Å². The van der Waals surface area contributed by atoms with Gasteiger partial charge in [-0.2, -0.15) is 0 Å². The molecule has 17 heavy (non-hydrogen) atoms. The molecule has 0 aromatic rings. The Kier molecular flexibility index (Phi) is 4.40. The Morgan fingerprint density at radius 1 is 1.41 bits per heavy atom. The number of hydrogen-bond donors (Lipinski definition) is 2. The number of rotatable bonds is 3. The van der Waals surface area contributed by atoms with Gasteiger partial charge < -0.3 is 15.2 Å². The molecule has 2 fully saturated rings. The van der Waals surface area contributed by atoms with Crippen LogP contribution in [-0.2, 0) is 9.53 Å². The fraction of sp³-hybridized carbons (Fsp3) is 0.923. The number of esters is 1. The van der Waals surface area contributed by atoms with E-state index in [4.69, 9.17) is 4.74 Å². The number of aliphatic hydroxyl groups is 1. The number of ether oxygens (including phenoxy) is 1. The molecule has 0 radical (unpaired) electrons. The standard InChI is InChI=1S/C13H23NO3/c1-2-9-5-3-4-6-12(9)17-13(16)11-7-10(15)8-14-11/h9-12,14-15H,2-8H2,1H3/t9?,10?,11-,12?/m0/s1. The smallest absolute Gasteiger partial charge is 0.323 e. The first kappa shape index (κ1) is 12.8. The van der Waals surface area contributed by atoms with Crippen LogP contribution in [0.5, 0.6) is 0 Å². The predicted molar refractivity (Wildman–Crippen MR) is 64.5 cm³/mol. The third-order valence-electron chi connectivity index (χ3n) is 4.02. The van der Waals surface area contributed by atoms with Gasteiger partial charge in [-0.15, -0.1) is 0 Å². The van der Waals surface area contributed by atoms with E-state index in [9.17, 15) is 9.90 Å². The molecule has 0 aromatic heterocycles. The van der Waals surface area contributed by atoms with Gasteiger partial charge >= 0.3 is 5.97 Å². The van der Waals surface area contributed by atoms with Gasteiger partial charge in [-0.3, -0.25) is 4.79 Å². The van der Waals surface area contributed by atoms with Crippen molar-refractivity contribution >= 4 is 5.97 Å². The minimum absolute atomic E-state index is 0.0980. The average Bonchev–Trinajstić information content (AvgIpc) is 2.77. The summed E-state index contributed by atoms with van der Waals surface area (Å²) in [6.45, 7) is 2.66. The maximum atomic E-state index is 11.9. The molecule has 98 valence electrons. The van der Waals surface area contributed by atoms with Gasteiger partial charge in [-0.25, -0.2) is 0 Å². The molecular weight excluding hydrogens is 218 g/mol. The van der Waals surface area contributed by atoms with E-state index in [1.807, 2.05) is 0 Å². The Labute approximate surface area is 103 Å². The van der Waals surface area contributed by atoms with E-state index in [1.54, 1.807) is 0 Å². The summed E-state index contributed by atoms with van der Waals surface area (Å²) in [4.78, 5) is 11.9. The van der Waals surface area contributed by atoms with Crippen LogP contribution in [0.4, 0.5) is 0 Å². The molecule has 0 amide bonds. The highest BCUT2D eigenvalue weighted by molar-refractivity contribution is 5.76. The molecule has 0 bridgehead atoms. The number of β-amino-alcohol motifs (C(OH)–C–C–N with tert-alkyl or cyclic N) is 1. The highest BCUT2D eigenvalue weighted by Crippen LogP contribution is 2.29. The van der Waals surface area contributed by atoms with Crippen molar-refractivity contribution in [1.29, 1.82) is 0 Å². The fourth-order valence-corrected chi connectivity index (χ4v) is 2.92. The second-order valence-corrected chi connectivity index (χ2v) is 5.28. The van der Waals surface area contributed by atoms with Gasteiger partial charge in [0.05, 0.1) is 6.10 Å². The van der Waals surface area contributed by atoms with Gasteiger partial charge in [0.1, 0.15) is 12.1 Å². The quantitative estimate of drug-likeness (QED) is 0.729. The molecule has 4 nitrogen and oxygen atoms in total. The van der Waals surface area contributed by atoms with Crippen LogP contribution in [0.2, 0.25) is 0 Å². The first-order chi connectivity index (χ1) is 8.20. The van der Waals surface area contributed by atoms with Gasteiger partial charge in [0.25, 0.3) is 0 Å². The number of carbonyl (C=O) groups excluding carboxylic acids is 1. The van der Waals surface area contributed by atoms with Crippen molar-refractivity contribution in [3.05, 3.63) is 0 Å². The van der Waals surface area contributed by atoms with Crippen LogP contribution >= 0.6 is 0 Å². The molecule has 2 rings (SSSR count). The monoisotopic (exact) mass is 241 g/mol. The Morgan fingerprint density at radius 3 is 2.82 bits per heavy atom. The maximum absolute atomic E-state index is 11.9. The molecule has 1 saturated heterocycles. The molecule has 0 aromatic carbocycles. The zero-order valence-electron chi connectivity index (χ0n) is 10.5. The van der Waals surface area contributed by atoms with E-state index >= 15 is 0 Å². The zero-order chi connectivity index (χ0) is 12.3. The summed E-state index contributed by atoms with van der Waals surface area (Å²) in [5, 5.41) is 12.4. The predicted octanol–water partition coefficient (Wildman–Crippen LogP) is 1.22. The van der Waals surface area contributed by atoms with Crippen LogP contribution in [-0.4, -0.2) is 35.9 Å². The Bertz CT molecular complexity index is 269. The first-order valence-corrected chi connectivity index (χ1v) is 6.82. The van der Waals surface area contributed by atoms with Crippen LogP contribution in [0.1, 0.15) is 45.4 Å². The van der Waals surface area contributed by atoms with Gasteiger partial charge in [0.2, 0.25) is 0 Å². The summed E-state index contributed by atoms with van der Waals surface area (Å²) in [5.74, 6) is 0.353. The largest absolute Gasteiger partial charge is 0.461 e. The highest BCUT2D eigenvalue weighted by atomic mass is 16.5. The topological polar surface area (TPSA) is 58.6 Å².